The fraction of sp³-hybridized carbons (Fsp3) is 0.136. The Balaban J connectivity index is 1.68. The molecule has 0 spiro atoms. The lowest BCUT2D eigenvalue weighted by molar-refractivity contribution is 0.0475. The lowest BCUT2D eigenvalue weighted by Gasteiger charge is -2.11. The molecular formula is C22H19NO6S. The van der Waals surface area contributed by atoms with Gasteiger partial charge in [-0.05, 0) is 41.8 Å². The number of para-hydroxylation sites is 1. The average molecular weight is 425 g/mol. The maximum Gasteiger partial charge on any atom is 0.340 e. The number of anilines is 1. The van der Waals surface area contributed by atoms with Crippen LogP contribution < -0.4 is 14.8 Å². The van der Waals surface area contributed by atoms with Gasteiger partial charge in [-0.3, -0.25) is 9.59 Å². The Labute approximate surface area is 177 Å². The van der Waals surface area contributed by atoms with Crippen LogP contribution in [0.5, 0.6) is 11.5 Å². The van der Waals surface area contributed by atoms with Crippen molar-refractivity contribution in [2.75, 3.05) is 26.1 Å². The van der Waals surface area contributed by atoms with E-state index in [2.05, 4.69) is 5.32 Å². The van der Waals surface area contributed by atoms with Crippen LogP contribution >= 0.6 is 11.3 Å². The normalized spacial score (nSPS) is 10.2. The Kier molecular flexibility index (Phi) is 6.82. The van der Waals surface area contributed by atoms with Gasteiger partial charge in [0, 0.05) is 5.56 Å². The number of benzene rings is 2. The predicted molar refractivity (Wildman–Crippen MR) is 113 cm³/mol. The topological polar surface area (TPSA) is 90.9 Å². The van der Waals surface area contributed by atoms with Gasteiger partial charge in [0.05, 0.1) is 30.3 Å². The van der Waals surface area contributed by atoms with Gasteiger partial charge >= 0.3 is 5.97 Å². The number of thiophene rings is 1. The van der Waals surface area contributed by atoms with Gasteiger partial charge in [0.2, 0.25) is 0 Å². The monoisotopic (exact) mass is 425 g/mol. The van der Waals surface area contributed by atoms with Crippen molar-refractivity contribution in [1.82, 2.24) is 0 Å². The van der Waals surface area contributed by atoms with Crippen LogP contribution in [-0.4, -0.2) is 38.5 Å². The predicted octanol–water partition coefficient (Wildman–Crippen LogP) is 4.06. The van der Waals surface area contributed by atoms with E-state index in [1.165, 1.54) is 37.7 Å². The van der Waals surface area contributed by atoms with Crippen molar-refractivity contribution in [1.29, 1.82) is 0 Å². The van der Waals surface area contributed by atoms with E-state index < -0.39 is 18.4 Å². The summed E-state index contributed by atoms with van der Waals surface area (Å²) in [5.41, 5.74) is 0.779. The molecule has 0 atom stereocenters. The molecule has 8 heteroatoms. The van der Waals surface area contributed by atoms with Crippen molar-refractivity contribution in [3.63, 3.8) is 0 Å². The average Bonchev–Trinajstić information content (AvgIpc) is 3.32. The highest BCUT2D eigenvalue weighted by molar-refractivity contribution is 7.12. The maximum absolute atomic E-state index is 12.5. The van der Waals surface area contributed by atoms with Crippen molar-refractivity contribution in [3.05, 3.63) is 76.0 Å². The van der Waals surface area contributed by atoms with Crippen molar-refractivity contribution < 1.29 is 28.6 Å². The number of methoxy groups -OCH3 is 2. The fourth-order valence-electron chi connectivity index (χ4n) is 2.66. The first-order chi connectivity index (χ1) is 14.5. The van der Waals surface area contributed by atoms with E-state index in [1.54, 1.807) is 47.8 Å². The molecule has 0 bridgehead atoms. The fourth-order valence-corrected chi connectivity index (χ4v) is 3.28. The van der Waals surface area contributed by atoms with E-state index >= 15 is 0 Å². The Morgan fingerprint density at radius 3 is 2.40 bits per heavy atom. The third-order valence-electron chi connectivity index (χ3n) is 4.18. The van der Waals surface area contributed by atoms with Crippen LogP contribution in [0.3, 0.4) is 0 Å². The summed E-state index contributed by atoms with van der Waals surface area (Å²) in [6, 6.07) is 14.6. The summed E-state index contributed by atoms with van der Waals surface area (Å²) in [6.45, 7) is -0.457. The summed E-state index contributed by atoms with van der Waals surface area (Å²) in [6.07, 6.45) is 0. The second-order valence-electron chi connectivity index (χ2n) is 6.05. The summed E-state index contributed by atoms with van der Waals surface area (Å²) in [4.78, 5) is 37.7. The molecule has 1 amide bonds. The van der Waals surface area contributed by atoms with E-state index in [4.69, 9.17) is 14.2 Å². The van der Waals surface area contributed by atoms with Crippen molar-refractivity contribution >= 4 is 34.7 Å². The third kappa shape index (κ3) is 4.84. The zero-order valence-corrected chi connectivity index (χ0v) is 17.2. The Morgan fingerprint density at radius 1 is 0.933 bits per heavy atom. The van der Waals surface area contributed by atoms with Crippen molar-refractivity contribution in [3.8, 4) is 11.5 Å². The highest BCUT2D eigenvalue weighted by atomic mass is 32.1. The molecule has 154 valence electrons. The molecule has 0 radical (unpaired) electrons. The van der Waals surface area contributed by atoms with Crippen LogP contribution in [-0.2, 0) is 4.74 Å². The molecule has 7 nitrogen and oxygen atoms in total. The zero-order chi connectivity index (χ0) is 21.5. The summed E-state index contributed by atoms with van der Waals surface area (Å²) < 4.78 is 15.5. The molecule has 0 saturated heterocycles. The molecule has 1 aromatic heterocycles. The first kappa shape index (κ1) is 21.1. The van der Waals surface area contributed by atoms with Gasteiger partial charge in [0.1, 0.15) is 0 Å². The molecule has 0 aliphatic rings. The van der Waals surface area contributed by atoms with Gasteiger partial charge in [0.25, 0.3) is 5.91 Å². The number of nitrogens with one attached hydrogen (secondary N) is 1. The SMILES string of the molecule is COc1ccc(C(=O)COC(=O)c2ccccc2NC(=O)c2cccs2)cc1OC. The van der Waals surface area contributed by atoms with Crippen LogP contribution in [0.1, 0.15) is 30.4 Å². The minimum absolute atomic E-state index is 0.155. The first-order valence-corrected chi connectivity index (χ1v) is 9.77. The number of ether oxygens (including phenoxy) is 3. The minimum Gasteiger partial charge on any atom is -0.493 e. The van der Waals surface area contributed by atoms with Crippen LogP contribution in [0.25, 0.3) is 0 Å². The zero-order valence-electron chi connectivity index (χ0n) is 16.3. The van der Waals surface area contributed by atoms with Gasteiger partial charge in [-0.15, -0.1) is 11.3 Å². The number of esters is 1. The van der Waals surface area contributed by atoms with Gasteiger partial charge in [-0.25, -0.2) is 4.79 Å². The lowest BCUT2D eigenvalue weighted by Crippen LogP contribution is -2.17. The Bertz CT molecular complexity index is 1060. The van der Waals surface area contributed by atoms with E-state index in [-0.39, 0.29) is 11.5 Å². The highest BCUT2D eigenvalue weighted by Gasteiger charge is 2.18. The maximum atomic E-state index is 12.5. The standard InChI is InChI=1S/C22H19NO6S/c1-27-18-10-9-14(12-19(18)28-2)17(24)13-29-22(26)15-6-3-4-7-16(15)23-21(25)20-8-5-11-30-20/h3-12H,13H2,1-2H3,(H,23,25). The molecule has 0 fully saturated rings. The number of rotatable bonds is 8. The first-order valence-electron chi connectivity index (χ1n) is 8.89. The van der Waals surface area contributed by atoms with E-state index in [0.29, 0.717) is 27.6 Å². The number of amides is 1. The third-order valence-corrected chi connectivity index (χ3v) is 5.05. The molecule has 30 heavy (non-hydrogen) atoms. The molecule has 0 aliphatic heterocycles. The highest BCUT2D eigenvalue weighted by Crippen LogP contribution is 2.27. The molecule has 3 aromatic rings. The van der Waals surface area contributed by atoms with Crippen LogP contribution in [0, 0.1) is 0 Å². The smallest absolute Gasteiger partial charge is 0.340 e. The molecule has 1 N–H and O–H groups in total. The Morgan fingerprint density at radius 2 is 1.70 bits per heavy atom. The number of hydrogen-bond acceptors (Lipinski definition) is 7. The van der Waals surface area contributed by atoms with Crippen LogP contribution in [0.2, 0.25) is 0 Å². The lowest BCUT2D eigenvalue weighted by atomic mass is 10.1. The van der Waals surface area contributed by atoms with E-state index in [9.17, 15) is 14.4 Å². The number of Topliss-reactive ketones (excluding diaryl/α,β-unsaturated/α-hetero) is 1. The molecule has 0 saturated carbocycles. The summed E-state index contributed by atoms with van der Waals surface area (Å²) >= 11 is 1.29. The van der Waals surface area contributed by atoms with Gasteiger partial charge in [0.15, 0.2) is 23.9 Å². The van der Waals surface area contributed by atoms with Gasteiger partial charge < -0.3 is 19.5 Å². The molecular weight excluding hydrogens is 406 g/mol. The van der Waals surface area contributed by atoms with Crippen LogP contribution in [0.4, 0.5) is 5.69 Å². The van der Waals surface area contributed by atoms with Crippen molar-refractivity contribution in [2.24, 2.45) is 0 Å². The Hall–Kier alpha value is -3.65. The molecule has 3 rings (SSSR count). The van der Waals surface area contributed by atoms with Gasteiger partial charge in [-0.2, -0.15) is 0 Å². The quantitative estimate of drug-likeness (QED) is 0.432. The molecule has 0 aliphatic carbocycles. The van der Waals surface area contributed by atoms with Crippen LogP contribution in [0.15, 0.2) is 60.0 Å². The summed E-state index contributed by atoms with van der Waals surface area (Å²) in [7, 11) is 2.96. The number of ketones is 1. The summed E-state index contributed by atoms with van der Waals surface area (Å²) in [5.74, 6) is -0.556. The molecule has 0 unspecified atom stereocenters. The van der Waals surface area contributed by atoms with Gasteiger partial charge in [-0.1, -0.05) is 18.2 Å². The second-order valence-corrected chi connectivity index (χ2v) is 6.99. The molecule has 1 heterocycles. The second kappa shape index (κ2) is 9.71. The number of hydrogen-bond donors (Lipinski definition) is 1. The molecule has 2 aromatic carbocycles. The number of carbonyl (C=O) groups excluding carboxylic acids is 3. The largest absolute Gasteiger partial charge is 0.493 e. The van der Waals surface area contributed by atoms with E-state index in [0.717, 1.165) is 0 Å². The van der Waals surface area contributed by atoms with Crippen molar-refractivity contribution in [2.45, 2.75) is 0 Å². The van der Waals surface area contributed by atoms with E-state index in [1.807, 2.05) is 0 Å². The minimum atomic E-state index is -0.717. The number of carbonyl (C=O) groups is 3. The summed E-state index contributed by atoms with van der Waals surface area (Å²) in [5, 5.41) is 4.48.